The predicted molar refractivity (Wildman–Crippen MR) is 96.3 cm³/mol. The van der Waals surface area contributed by atoms with Gasteiger partial charge < -0.3 is 4.18 Å². The van der Waals surface area contributed by atoms with Gasteiger partial charge in [0.05, 0.1) is 12.2 Å². The van der Waals surface area contributed by atoms with Crippen LogP contribution in [-0.4, -0.2) is 23.2 Å². The van der Waals surface area contributed by atoms with E-state index in [2.05, 4.69) is 17.0 Å². The number of fused-ring (bicyclic) bond motifs is 1. The summed E-state index contributed by atoms with van der Waals surface area (Å²) in [6, 6.07) is 8.30. The van der Waals surface area contributed by atoms with Crippen LogP contribution in [0.1, 0.15) is 37.4 Å². The third-order valence-electron chi connectivity index (χ3n) is 4.26. The van der Waals surface area contributed by atoms with E-state index in [4.69, 9.17) is 4.18 Å². The molecule has 6 nitrogen and oxygen atoms in total. The third-order valence-corrected chi connectivity index (χ3v) is 5.50. The molecule has 2 aromatic heterocycles. The van der Waals surface area contributed by atoms with Crippen LogP contribution in [0.3, 0.4) is 0 Å². The molecule has 3 rings (SSSR count). The van der Waals surface area contributed by atoms with Crippen LogP contribution in [0.4, 0.5) is 0 Å². The van der Waals surface area contributed by atoms with Crippen LogP contribution in [0.25, 0.3) is 11.0 Å². The van der Waals surface area contributed by atoms with E-state index in [1.807, 2.05) is 20.8 Å². The molecule has 0 amide bonds. The first kappa shape index (κ1) is 17.4. The van der Waals surface area contributed by atoms with Crippen molar-refractivity contribution in [3.63, 3.8) is 0 Å². The van der Waals surface area contributed by atoms with Crippen molar-refractivity contribution in [2.45, 2.75) is 45.1 Å². The van der Waals surface area contributed by atoms with Gasteiger partial charge in [-0.2, -0.15) is 18.5 Å². The smallest absolute Gasteiger partial charge is 0.340 e. The number of hydrogen-bond donors (Lipinski definition) is 0. The van der Waals surface area contributed by atoms with E-state index in [-0.39, 0.29) is 16.8 Å². The molecule has 2 heterocycles. The van der Waals surface area contributed by atoms with Crippen molar-refractivity contribution >= 4 is 21.2 Å². The molecule has 0 N–H and O–H groups in total. The van der Waals surface area contributed by atoms with Crippen molar-refractivity contribution in [1.29, 1.82) is 0 Å². The van der Waals surface area contributed by atoms with Crippen LogP contribution in [0.2, 0.25) is 0 Å². The SMILES string of the molecule is CC[C@@H](C)n1ncc2c(C)cc(OS(=O)(=O)c3ccc(C)cc3)nc21. The van der Waals surface area contributed by atoms with Gasteiger partial charge in [0.25, 0.3) is 0 Å². The summed E-state index contributed by atoms with van der Waals surface area (Å²) in [6.07, 6.45) is 2.65. The van der Waals surface area contributed by atoms with Crippen LogP contribution in [0.5, 0.6) is 5.88 Å². The van der Waals surface area contributed by atoms with Crippen molar-refractivity contribution in [3.8, 4) is 5.88 Å². The second-order valence-electron chi connectivity index (χ2n) is 6.21. The first-order valence-corrected chi connectivity index (χ1v) is 9.58. The fourth-order valence-electron chi connectivity index (χ4n) is 2.55. The van der Waals surface area contributed by atoms with Crippen molar-refractivity contribution in [3.05, 3.63) is 47.7 Å². The van der Waals surface area contributed by atoms with Crippen LogP contribution in [-0.2, 0) is 10.1 Å². The molecule has 0 saturated heterocycles. The number of aromatic nitrogens is 3. The Morgan fingerprint density at radius 3 is 2.52 bits per heavy atom. The summed E-state index contributed by atoms with van der Waals surface area (Å²) >= 11 is 0. The van der Waals surface area contributed by atoms with Gasteiger partial charge in [-0.3, -0.25) is 0 Å². The Morgan fingerprint density at radius 1 is 1.20 bits per heavy atom. The van der Waals surface area contributed by atoms with Gasteiger partial charge in [-0.05, 0) is 44.9 Å². The molecule has 0 bridgehead atoms. The van der Waals surface area contributed by atoms with E-state index >= 15 is 0 Å². The molecule has 0 fully saturated rings. The Balaban J connectivity index is 2.02. The van der Waals surface area contributed by atoms with E-state index in [0.717, 1.165) is 22.9 Å². The zero-order chi connectivity index (χ0) is 18.2. The molecule has 0 aliphatic carbocycles. The van der Waals surface area contributed by atoms with Crippen molar-refractivity contribution in [2.75, 3.05) is 0 Å². The first-order valence-electron chi connectivity index (χ1n) is 8.18. The van der Waals surface area contributed by atoms with E-state index in [1.54, 1.807) is 29.1 Å². The first-order chi connectivity index (χ1) is 11.8. The number of rotatable bonds is 5. The molecule has 1 atom stereocenters. The van der Waals surface area contributed by atoms with Crippen molar-refractivity contribution in [2.24, 2.45) is 0 Å². The fourth-order valence-corrected chi connectivity index (χ4v) is 3.42. The molecular weight excluding hydrogens is 338 g/mol. The molecule has 0 aliphatic rings. The molecule has 7 heteroatoms. The number of benzene rings is 1. The lowest BCUT2D eigenvalue weighted by atomic mass is 10.2. The van der Waals surface area contributed by atoms with Crippen LogP contribution < -0.4 is 4.18 Å². The van der Waals surface area contributed by atoms with Gasteiger partial charge in [-0.25, -0.2) is 4.68 Å². The zero-order valence-corrected chi connectivity index (χ0v) is 15.5. The minimum absolute atomic E-state index is 0.0515. The highest BCUT2D eigenvalue weighted by molar-refractivity contribution is 7.87. The molecule has 0 aliphatic heterocycles. The molecule has 0 saturated carbocycles. The summed E-state index contributed by atoms with van der Waals surface area (Å²) < 4.78 is 32.1. The minimum atomic E-state index is -3.93. The highest BCUT2D eigenvalue weighted by Crippen LogP contribution is 2.26. The Labute approximate surface area is 147 Å². The maximum atomic E-state index is 12.5. The highest BCUT2D eigenvalue weighted by Gasteiger charge is 2.19. The topological polar surface area (TPSA) is 74.1 Å². The molecule has 132 valence electrons. The lowest BCUT2D eigenvalue weighted by Gasteiger charge is -2.12. The summed E-state index contributed by atoms with van der Waals surface area (Å²) in [6.45, 7) is 7.89. The highest BCUT2D eigenvalue weighted by atomic mass is 32.2. The van der Waals surface area contributed by atoms with E-state index in [0.29, 0.717) is 5.65 Å². The van der Waals surface area contributed by atoms with Crippen LogP contribution in [0, 0.1) is 13.8 Å². The summed E-state index contributed by atoms with van der Waals surface area (Å²) in [7, 11) is -3.93. The number of aryl methyl sites for hydroxylation is 2. The Morgan fingerprint density at radius 2 is 1.88 bits per heavy atom. The summed E-state index contributed by atoms with van der Waals surface area (Å²) in [5.74, 6) is 0.0515. The van der Waals surface area contributed by atoms with Gasteiger partial charge in [-0.1, -0.05) is 24.6 Å². The van der Waals surface area contributed by atoms with Gasteiger partial charge in [-0.15, -0.1) is 0 Å². The van der Waals surface area contributed by atoms with E-state index in [1.165, 1.54) is 12.1 Å². The summed E-state index contributed by atoms with van der Waals surface area (Å²) in [5.41, 5.74) is 2.48. The Kier molecular flexibility index (Phi) is 4.51. The predicted octanol–water partition coefficient (Wildman–Crippen LogP) is 3.79. The van der Waals surface area contributed by atoms with Gasteiger partial charge in [0.2, 0.25) is 5.88 Å². The average molecular weight is 359 g/mol. The minimum Gasteiger partial charge on any atom is -0.358 e. The van der Waals surface area contributed by atoms with Gasteiger partial charge in [0.1, 0.15) is 4.90 Å². The van der Waals surface area contributed by atoms with Crippen molar-refractivity contribution in [1.82, 2.24) is 14.8 Å². The Bertz CT molecular complexity index is 1010. The second kappa shape index (κ2) is 6.48. The lowest BCUT2D eigenvalue weighted by molar-refractivity contribution is 0.470. The largest absolute Gasteiger partial charge is 0.358 e. The van der Waals surface area contributed by atoms with Gasteiger partial charge in [0, 0.05) is 11.5 Å². The molecule has 0 spiro atoms. The normalized spacial score (nSPS) is 13.1. The lowest BCUT2D eigenvalue weighted by Crippen LogP contribution is -2.12. The number of nitrogens with zero attached hydrogens (tertiary/aromatic N) is 3. The molecular formula is C18H21N3O3S. The average Bonchev–Trinajstić information content (AvgIpc) is 2.98. The molecule has 0 unspecified atom stereocenters. The van der Waals surface area contributed by atoms with Crippen LogP contribution in [0.15, 0.2) is 41.4 Å². The number of pyridine rings is 1. The monoisotopic (exact) mass is 359 g/mol. The van der Waals surface area contributed by atoms with E-state index < -0.39 is 10.1 Å². The molecule has 0 radical (unpaired) electrons. The molecule has 3 aromatic rings. The maximum absolute atomic E-state index is 12.5. The van der Waals surface area contributed by atoms with Gasteiger partial charge >= 0.3 is 10.1 Å². The molecule has 1 aromatic carbocycles. The standard InChI is InChI=1S/C18H21N3O3S/c1-5-14(4)21-18-16(11-19-21)13(3)10-17(20-18)24-25(22,23)15-8-6-12(2)7-9-15/h6-11,14H,5H2,1-4H3/t14-/m1/s1. The van der Waals surface area contributed by atoms with E-state index in [9.17, 15) is 8.42 Å². The number of hydrogen-bond acceptors (Lipinski definition) is 5. The Hall–Kier alpha value is -2.41. The van der Waals surface area contributed by atoms with Crippen molar-refractivity contribution < 1.29 is 12.6 Å². The summed E-state index contributed by atoms with van der Waals surface area (Å²) in [4.78, 5) is 4.50. The molecule has 25 heavy (non-hydrogen) atoms. The van der Waals surface area contributed by atoms with Gasteiger partial charge in [0.15, 0.2) is 5.65 Å². The zero-order valence-electron chi connectivity index (χ0n) is 14.7. The van der Waals surface area contributed by atoms with Crippen LogP contribution >= 0.6 is 0 Å². The second-order valence-corrected chi connectivity index (χ2v) is 7.76. The third kappa shape index (κ3) is 3.37. The summed E-state index contributed by atoms with van der Waals surface area (Å²) in [5, 5.41) is 5.27. The fraction of sp³-hybridized carbons (Fsp3) is 0.333. The maximum Gasteiger partial charge on any atom is 0.340 e. The quantitative estimate of drug-likeness (QED) is 0.648.